The van der Waals surface area contributed by atoms with Crippen LogP contribution in [-0.2, 0) is 0 Å². The number of hydrogen-bond donors (Lipinski definition) is 2. The minimum atomic E-state index is 0.574. The second-order valence-corrected chi connectivity index (χ2v) is 4.94. The number of nitrogens with two attached hydrogens (primary N) is 1. The highest BCUT2D eigenvalue weighted by Gasteiger charge is 2.09. The molecule has 0 amide bonds. The van der Waals surface area contributed by atoms with Gasteiger partial charge in [0.1, 0.15) is 0 Å². The third kappa shape index (κ3) is 1.57. The summed E-state index contributed by atoms with van der Waals surface area (Å²) >= 11 is 2.99. The zero-order chi connectivity index (χ0) is 11.0. The number of nitrogens with one attached hydrogen (secondary N) is 1. The molecule has 0 aliphatic heterocycles. The maximum atomic E-state index is 5.59. The number of rotatable bonds is 2. The number of tetrazole rings is 1. The first-order valence-corrected chi connectivity index (χ1v) is 6.07. The van der Waals surface area contributed by atoms with Crippen LogP contribution < -0.4 is 5.73 Å². The van der Waals surface area contributed by atoms with Gasteiger partial charge in [-0.3, -0.25) is 0 Å². The number of thiazole rings is 1. The lowest BCUT2D eigenvalue weighted by Gasteiger charge is -1.87. The van der Waals surface area contributed by atoms with E-state index in [1.54, 1.807) is 11.3 Å². The van der Waals surface area contributed by atoms with Crippen LogP contribution in [0.4, 0.5) is 5.13 Å². The summed E-state index contributed by atoms with van der Waals surface area (Å²) in [6.45, 7) is 0. The van der Waals surface area contributed by atoms with Crippen LogP contribution in [0.1, 0.15) is 0 Å². The van der Waals surface area contributed by atoms with Crippen molar-refractivity contribution >= 4 is 27.8 Å². The second-order valence-electron chi connectivity index (χ2n) is 2.97. The smallest absolute Gasteiger partial charge is 0.214 e. The van der Waals surface area contributed by atoms with Crippen LogP contribution in [0.2, 0.25) is 0 Å². The number of nitrogen functional groups attached to an aromatic ring is 1. The fourth-order valence-corrected chi connectivity index (χ4v) is 2.80. The van der Waals surface area contributed by atoms with Gasteiger partial charge in [-0.2, -0.15) is 5.21 Å². The SMILES string of the molecule is Nc1nc(-c2ccc(-c3nn[nH]n3)s2)cs1. The Bertz CT molecular complexity index is 596. The van der Waals surface area contributed by atoms with Crippen molar-refractivity contribution in [3.63, 3.8) is 0 Å². The highest BCUT2D eigenvalue weighted by atomic mass is 32.1. The molecule has 0 unspecified atom stereocenters. The van der Waals surface area contributed by atoms with Crippen LogP contribution in [0.3, 0.4) is 0 Å². The average molecular weight is 250 g/mol. The van der Waals surface area contributed by atoms with E-state index in [1.165, 1.54) is 11.3 Å². The van der Waals surface area contributed by atoms with Crippen LogP contribution in [0.5, 0.6) is 0 Å². The summed E-state index contributed by atoms with van der Waals surface area (Å²) in [7, 11) is 0. The van der Waals surface area contributed by atoms with E-state index in [-0.39, 0.29) is 0 Å². The van der Waals surface area contributed by atoms with E-state index in [0.717, 1.165) is 15.4 Å². The first kappa shape index (κ1) is 9.43. The molecule has 3 rings (SSSR count). The van der Waals surface area contributed by atoms with E-state index in [9.17, 15) is 0 Å². The lowest BCUT2D eigenvalue weighted by molar-refractivity contribution is 0.881. The zero-order valence-corrected chi connectivity index (χ0v) is 9.55. The second kappa shape index (κ2) is 3.65. The molecule has 0 atom stereocenters. The summed E-state index contributed by atoms with van der Waals surface area (Å²) in [6.07, 6.45) is 0. The molecule has 0 aliphatic carbocycles. The van der Waals surface area contributed by atoms with Crippen LogP contribution in [-0.4, -0.2) is 25.6 Å². The van der Waals surface area contributed by atoms with E-state index in [4.69, 9.17) is 5.73 Å². The van der Waals surface area contributed by atoms with E-state index in [2.05, 4.69) is 25.6 Å². The van der Waals surface area contributed by atoms with Gasteiger partial charge in [-0.05, 0) is 17.3 Å². The molecule has 3 heterocycles. The third-order valence-electron chi connectivity index (χ3n) is 1.95. The highest BCUT2D eigenvalue weighted by Crippen LogP contribution is 2.33. The van der Waals surface area contributed by atoms with Gasteiger partial charge in [0, 0.05) is 5.38 Å². The van der Waals surface area contributed by atoms with Crippen molar-refractivity contribution in [2.75, 3.05) is 5.73 Å². The molecular weight excluding hydrogens is 244 g/mol. The first-order valence-electron chi connectivity index (χ1n) is 4.38. The normalized spacial score (nSPS) is 10.8. The van der Waals surface area contributed by atoms with Crippen LogP contribution in [0.15, 0.2) is 17.5 Å². The summed E-state index contributed by atoms with van der Waals surface area (Å²) in [4.78, 5) is 6.22. The van der Waals surface area contributed by atoms with E-state index < -0.39 is 0 Å². The van der Waals surface area contributed by atoms with Gasteiger partial charge >= 0.3 is 0 Å². The first-order chi connectivity index (χ1) is 7.83. The summed E-state index contributed by atoms with van der Waals surface area (Å²) in [5.41, 5.74) is 6.48. The number of nitrogens with zero attached hydrogens (tertiary/aromatic N) is 4. The number of aromatic amines is 1. The molecule has 3 aromatic heterocycles. The Balaban J connectivity index is 2.00. The van der Waals surface area contributed by atoms with E-state index >= 15 is 0 Å². The number of aromatic nitrogens is 5. The molecule has 0 saturated heterocycles. The van der Waals surface area contributed by atoms with Gasteiger partial charge < -0.3 is 5.73 Å². The fraction of sp³-hybridized carbons (Fsp3) is 0. The van der Waals surface area contributed by atoms with Gasteiger partial charge in [0.25, 0.3) is 0 Å². The summed E-state index contributed by atoms with van der Waals surface area (Å²) in [5.74, 6) is 0.597. The van der Waals surface area contributed by atoms with Crippen molar-refractivity contribution in [1.82, 2.24) is 25.6 Å². The molecule has 0 spiro atoms. The monoisotopic (exact) mass is 250 g/mol. The highest BCUT2D eigenvalue weighted by molar-refractivity contribution is 7.19. The quantitative estimate of drug-likeness (QED) is 0.721. The number of anilines is 1. The van der Waals surface area contributed by atoms with Crippen LogP contribution >= 0.6 is 22.7 Å². The molecule has 0 bridgehead atoms. The van der Waals surface area contributed by atoms with Crippen LogP contribution in [0.25, 0.3) is 21.3 Å². The lowest BCUT2D eigenvalue weighted by atomic mass is 10.3. The minimum absolute atomic E-state index is 0.574. The summed E-state index contributed by atoms with van der Waals surface area (Å²) in [6, 6.07) is 3.92. The molecule has 80 valence electrons. The van der Waals surface area contributed by atoms with Gasteiger partial charge in [0.2, 0.25) is 5.82 Å². The minimum Gasteiger partial charge on any atom is -0.375 e. The Morgan fingerprint density at radius 1 is 1.25 bits per heavy atom. The largest absolute Gasteiger partial charge is 0.375 e. The van der Waals surface area contributed by atoms with Crippen molar-refractivity contribution in [3.8, 4) is 21.3 Å². The van der Waals surface area contributed by atoms with Gasteiger partial charge in [0.05, 0.1) is 15.4 Å². The van der Waals surface area contributed by atoms with Gasteiger partial charge in [-0.25, -0.2) is 4.98 Å². The standard InChI is InChI=1S/C8H6N6S2/c9-8-10-4(3-15-8)5-1-2-6(16-5)7-11-13-14-12-7/h1-3H,(H2,9,10)(H,11,12,13,14). The number of H-pyrrole nitrogens is 1. The molecule has 0 aromatic carbocycles. The van der Waals surface area contributed by atoms with Crippen molar-refractivity contribution in [1.29, 1.82) is 0 Å². The molecule has 16 heavy (non-hydrogen) atoms. The Morgan fingerprint density at radius 2 is 2.12 bits per heavy atom. The molecule has 0 saturated carbocycles. The summed E-state index contributed by atoms with van der Waals surface area (Å²) in [5, 5.41) is 16.3. The molecule has 3 aromatic rings. The maximum Gasteiger partial charge on any atom is 0.214 e. The molecule has 0 fully saturated rings. The zero-order valence-electron chi connectivity index (χ0n) is 7.91. The average Bonchev–Trinajstić information content (AvgIpc) is 2.97. The van der Waals surface area contributed by atoms with Crippen molar-refractivity contribution in [3.05, 3.63) is 17.5 Å². The van der Waals surface area contributed by atoms with Gasteiger partial charge in [-0.1, -0.05) is 0 Å². The Morgan fingerprint density at radius 3 is 2.81 bits per heavy atom. The van der Waals surface area contributed by atoms with E-state index in [1.807, 2.05) is 17.5 Å². The third-order valence-corrected chi connectivity index (χ3v) is 3.72. The summed E-state index contributed by atoms with van der Waals surface area (Å²) < 4.78 is 0. The van der Waals surface area contributed by atoms with E-state index in [0.29, 0.717) is 11.0 Å². The number of hydrogen-bond acceptors (Lipinski definition) is 7. The Kier molecular flexibility index (Phi) is 2.15. The Labute approximate surface area is 98.2 Å². The number of thiophene rings is 1. The molecule has 0 aliphatic rings. The van der Waals surface area contributed by atoms with Gasteiger partial charge in [0.15, 0.2) is 5.13 Å². The topological polar surface area (TPSA) is 93.4 Å². The van der Waals surface area contributed by atoms with Gasteiger partial charge in [-0.15, -0.1) is 32.9 Å². The Hall–Kier alpha value is -1.80. The lowest BCUT2D eigenvalue weighted by Crippen LogP contribution is -1.80. The molecule has 3 N–H and O–H groups in total. The predicted octanol–water partition coefficient (Wildman–Crippen LogP) is 1.63. The van der Waals surface area contributed by atoms with Crippen molar-refractivity contribution in [2.24, 2.45) is 0 Å². The van der Waals surface area contributed by atoms with Crippen molar-refractivity contribution < 1.29 is 0 Å². The van der Waals surface area contributed by atoms with Crippen LogP contribution in [0, 0.1) is 0 Å². The molecule has 8 heteroatoms. The maximum absolute atomic E-state index is 5.59. The van der Waals surface area contributed by atoms with Crippen molar-refractivity contribution in [2.45, 2.75) is 0 Å². The fourth-order valence-electron chi connectivity index (χ4n) is 1.26. The molecule has 6 nitrogen and oxygen atoms in total. The molecule has 0 radical (unpaired) electrons. The molecular formula is C8H6N6S2. The predicted molar refractivity (Wildman–Crippen MR) is 63.0 cm³/mol.